The second-order valence-electron chi connectivity index (χ2n) is 3.72. The molecular formula is C13H10BClFO3. The van der Waals surface area contributed by atoms with Crippen LogP contribution in [0.1, 0.15) is 0 Å². The van der Waals surface area contributed by atoms with Crippen LogP contribution in [0.25, 0.3) is 11.1 Å². The highest BCUT2D eigenvalue weighted by atomic mass is 35.5. The van der Waals surface area contributed by atoms with E-state index in [0.29, 0.717) is 29.6 Å². The van der Waals surface area contributed by atoms with Crippen LogP contribution in [0.4, 0.5) is 4.39 Å². The van der Waals surface area contributed by atoms with Crippen LogP contribution in [0.15, 0.2) is 36.4 Å². The second kappa shape index (κ2) is 5.95. The molecule has 0 unspecified atom stereocenters. The van der Waals surface area contributed by atoms with E-state index in [4.69, 9.17) is 26.0 Å². The van der Waals surface area contributed by atoms with E-state index in [-0.39, 0.29) is 5.75 Å². The lowest BCUT2D eigenvalue weighted by Gasteiger charge is -2.12. The van der Waals surface area contributed by atoms with Gasteiger partial charge in [-0.1, -0.05) is 23.7 Å². The average molecular weight is 279 g/mol. The number of methoxy groups -OCH3 is 1. The van der Waals surface area contributed by atoms with Crippen LogP contribution in [-0.4, -0.2) is 19.8 Å². The van der Waals surface area contributed by atoms with Gasteiger partial charge >= 0.3 is 7.69 Å². The number of rotatable bonds is 4. The van der Waals surface area contributed by atoms with Crippen LogP contribution in [0.3, 0.4) is 0 Å². The van der Waals surface area contributed by atoms with E-state index >= 15 is 0 Å². The molecule has 3 nitrogen and oxygen atoms in total. The molecule has 97 valence electrons. The minimum Gasteiger partial charge on any atom is -0.535 e. The first-order valence-corrected chi connectivity index (χ1v) is 5.79. The fourth-order valence-corrected chi connectivity index (χ4v) is 1.91. The number of benzene rings is 2. The largest absolute Gasteiger partial charge is 0.569 e. The number of hydrogen-bond acceptors (Lipinski definition) is 3. The van der Waals surface area contributed by atoms with E-state index in [2.05, 4.69) is 0 Å². The summed E-state index contributed by atoms with van der Waals surface area (Å²) >= 11 is 5.89. The number of hydrogen-bond donors (Lipinski definition) is 1. The molecule has 0 aliphatic rings. The van der Waals surface area contributed by atoms with Crippen LogP contribution < -0.4 is 9.39 Å². The van der Waals surface area contributed by atoms with Gasteiger partial charge in [-0.15, -0.1) is 0 Å². The molecule has 0 bridgehead atoms. The highest BCUT2D eigenvalue weighted by Gasteiger charge is 2.13. The van der Waals surface area contributed by atoms with Gasteiger partial charge in [-0.05, 0) is 23.8 Å². The van der Waals surface area contributed by atoms with Crippen molar-refractivity contribution in [3.63, 3.8) is 0 Å². The molecule has 2 aromatic carbocycles. The summed E-state index contributed by atoms with van der Waals surface area (Å²) in [6.45, 7) is 0. The van der Waals surface area contributed by atoms with Crippen molar-refractivity contribution in [2.45, 2.75) is 0 Å². The molecule has 0 spiro atoms. The van der Waals surface area contributed by atoms with Crippen molar-refractivity contribution in [2.24, 2.45) is 0 Å². The van der Waals surface area contributed by atoms with Gasteiger partial charge in [-0.25, -0.2) is 4.39 Å². The monoisotopic (exact) mass is 279 g/mol. The lowest BCUT2D eigenvalue weighted by molar-refractivity contribution is 0.380. The molecule has 0 aliphatic carbocycles. The summed E-state index contributed by atoms with van der Waals surface area (Å²) in [6, 6.07) is 9.45. The molecule has 1 radical (unpaired) electrons. The van der Waals surface area contributed by atoms with Crippen molar-refractivity contribution in [2.75, 3.05) is 7.11 Å². The Hall–Kier alpha value is -1.72. The molecule has 1 N–H and O–H groups in total. The van der Waals surface area contributed by atoms with Crippen molar-refractivity contribution in [1.29, 1.82) is 0 Å². The SMILES string of the molecule is COc1cc(-c2cccc(Cl)c2)c(F)cc1O[B]O. The maximum atomic E-state index is 14.0. The molecule has 0 aromatic heterocycles. The van der Waals surface area contributed by atoms with Gasteiger partial charge in [0.15, 0.2) is 5.75 Å². The fourth-order valence-electron chi connectivity index (χ4n) is 1.72. The van der Waals surface area contributed by atoms with Crippen molar-refractivity contribution < 1.29 is 18.8 Å². The number of halogens is 2. The molecule has 0 heterocycles. The Morgan fingerprint density at radius 2 is 2.00 bits per heavy atom. The van der Waals surface area contributed by atoms with Crippen LogP contribution in [0, 0.1) is 5.82 Å². The molecule has 2 rings (SSSR count). The summed E-state index contributed by atoms with van der Waals surface area (Å²) in [7, 11) is 1.90. The van der Waals surface area contributed by atoms with Gasteiger partial charge in [0, 0.05) is 16.7 Å². The van der Waals surface area contributed by atoms with E-state index < -0.39 is 5.82 Å². The smallest absolute Gasteiger partial charge is 0.535 e. The van der Waals surface area contributed by atoms with Gasteiger partial charge < -0.3 is 14.4 Å². The quantitative estimate of drug-likeness (QED) is 0.874. The third kappa shape index (κ3) is 3.00. The predicted octanol–water partition coefficient (Wildman–Crippen LogP) is 3.06. The van der Waals surface area contributed by atoms with Crippen molar-refractivity contribution in [1.82, 2.24) is 0 Å². The summed E-state index contributed by atoms with van der Waals surface area (Å²) < 4.78 is 23.9. The van der Waals surface area contributed by atoms with Gasteiger partial charge in [-0.3, -0.25) is 0 Å². The molecule has 19 heavy (non-hydrogen) atoms. The Kier molecular flexibility index (Phi) is 4.29. The zero-order valence-corrected chi connectivity index (χ0v) is 10.8. The van der Waals surface area contributed by atoms with Crippen molar-refractivity contribution >= 4 is 19.3 Å². The maximum absolute atomic E-state index is 14.0. The Bertz CT molecular complexity index is 592. The van der Waals surface area contributed by atoms with Crippen molar-refractivity contribution in [3.05, 3.63) is 47.2 Å². The lowest BCUT2D eigenvalue weighted by Crippen LogP contribution is -2.02. The third-order valence-electron chi connectivity index (χ3n) is 2.57. The maximum Gasteiger partial charge on any atom is 0.569 e. The van der Waals surface area contributed by atoms with Crippen LogP contribution in [-0.2, 0) is 0 Å². The third-order valence-corrected chi connectivity index (χ3v) is 2.80. The minimum absolute atomic E-state index is 0.0910. The van der Waals surface area contributed by atoms with Gasteiger partial charge in [0.2, 0.25) is 0 Å². The van der Waals surface area contributed by atoms with Crippen LogP contribution >= 0.6 is 11.6 Å². The number of ether oxygens (including phenoxy) is 1. The lowest BCUT2D eigenvalue weighted by atomic mass is 10.0. The molecule has 0 fully saturated rings. The Morgan fingerprint density at radius 3 is 2.63 bits per heavy atom. The topological polar surface area (TPSA) is 38.7 Å². The molecule has 0 atom stereocenters. The minimum atomic E-state index is -0.500. The van der Waals surface area contributed by atoms with E-state index in [1.165, 1.54) is 13.2 Å². The molecular weight excluding hydrogens is 269 g/mol. The first-order valence-electron chi connectivity index (χ1n) is 5.41. The zero-order valence-electron chi connectivity index (χ0n) is 10.1. The predicted molar refractivity (Wildman–Crippen MR) is 72.0 cm³/mol. The second-order valence-corrected chi connectivity index (χ2v) is 4.15. The van der Waals surface area contributed by atoms with Gasteiger partial charge in [0.1, 0.15) is 11.6 Å². The summed E-state index contributed by atoms with van der Waals surface area (Å²) in [5.74, 6) is -0.102. The molecule has 6 heteroatoms. The Labute approximate surface area is 115 Å². The van der Waals surface area contributed by atoms with Crippen molar-refractivity contribution in [3.8, 4) is 22.6 Å². The zero-order chi connectivity index (χ0) is 13.8. The van der Waals surface area contributed by atoms with Crippen LogP contribution in [0.2, 0.25) is 5.02 Å². The summed E-state index contributed by atoms with van der Waals surface area (Å²) in [5.41, 5.74) is 0.965. The summed E-state index contributed by atoms with van der Waals surface area (Å²) in [5, 5.41) is 9.12. The summed E-state index contributed by atoms with van der Waals surface area (Å²) in [4.78, 5) is 0. The average Bonchev–Trinajstić information content (AvgIpc) is 2.39. The highest BCUT2D eigenvalue weighted by molar-refractivity contribution is 6.30. The Balaban J connectivity index is 2.52. The van der Waals surface area contributed by atoms with Gasteiger partial charge in [0.25, 0.3) is 0 Å². The highest BCUT2D eigenvalue weighted by Crippen LogP contribution is 2.35. The molecule has 0 saturated carbocycles. The first kappa shape index (κ1) is 13.7. The molecule has 0 aliphatic heterocycles. The van der Waals surface area contributed by atoms with E-state index in [9.17, 15) is 4.39 Å². The molecule has 0 amide bonds. The van der Waals surface area contributed by atoms with Gasteiger partial charge in [0.05, 0.1) is 7.11 Å². The molecule has 2 aromatic rings. The van der Waals surface area contributed by atoms with Crippen LogP contribution in [0.5, 0.6) is 11.5 Å². The normalized spacial score (nSPS) is 10.1. The van der Waals surface area contributed by atoms with E-state index in [1.807, 2.05) is 0 Å². The van der Waals surface area contributed by atoms with Gasteiger partial charge in [-0.2, -0.15) is 0 Å². The Morgan fingerprint density at radius 1 is 1.21 bits per heavy atom. The molecule has 0 saturated heterocycles. The fraction of sp³-hybridized carbons (Fsp3) is 0.0769. The summed E-state index contributed by atoms with van der Waals surface area (Å²) in [6.07, 6.45) is 0. The standard InChI is InChI=1S/C13H10BClFO3/c1-18-12-6-10(8-3-2-4-9(15)5-8)11(16)7-13(12)19-14-17/h2-7,17H,1H3. The van der Waals surface area contributed by atoms with E-state index in [0.717, 1.165) is 6.07 Å². The first-order chi connectivity index (χ1) is 9.15. The van der Waals surface area contributed by atoms with E-state index in [1.54, 1.807) is 24.3 Å².